The number of hydrogen-bond donors (Lipinski definition) is 0. The first-order valence-corrected chi connectivity index (χ1v) is 7.61. The van der Waals surface area contributed by atoms with Gasteiger partial charge in [0.2, 0.25) is 0 Å². The fourth-order valence-corrected chi connectivity index (χ4v) is 2.59. The second-order valence-corrected chi connectivity index (χ2v) is 5.37. The SMILES string of the molecule is Cc1cc(C#N)ccc1COc1c(Cl)cccc1CBr. The van der Waals surface area contributed by atoms with Gasteiger partial charge in [-0.15, -0.1) is 0 Å². The molecule has 0 saturated heterocycles. The van der Waals surface area contributed by atoms with E-state index in [9.17, 15) is 0 Å². The van der Waals surface area contributed by atoms with Gasteiger partial charge in [0, 0.05) is 10.9 Å². The second kappa shape index (κ2) is 6.78. The van der Waals surface area contributed by atoms with Crippen molar-refractivity contribution < 1.29 is 4.74 Å². The summed E-state index contributed by atoms with van der Waals surface area (Å²) in [6.07, 6.45) is 0. The zero-order valence-corrected chi connectivity index (χ0v) is 13.3. The van der Waals surface area contributed by atoms with Crippen LogP contribution in [-0.2, 0) is 11.9 Å². The Morgan fingerprint density at radius 3 is 2.70 bits per heavy atom. The van der Waals surface area contributed by atoms with Crippen LogP contribution in [0.25, 0.3) is 0 Å². The highest BCUT2D eigenvalue weighted by Gasteiger charge is 2.08. The number of nitrogens with zero attached hydrogens (tertiary/aromatic N) is 1. The molecule has 102 valence electrons. The zero-order valence-electron chi connectivity index (χ0n) is 11.0. The minimum Gasteiger partial charge on any atom is -0.487 e. The first-order valence-electron chi connectivity index (χ1n) is 6.11. The van der Waals surface area contributed by atoms with E-state index in [2.05, 4.69) is 22.0 Å². The molecule has 0 spiro atoms. The van der Waals surface area contributed by atoms with Crippen LogP contribution in [0.1, 0.15) is 22.3 Å². The summed E-state index contributed by atoms with van der Waals surface area (Å²) in [5.74, 6) is 0.704. The lowest BCUT2D eigenvalue weighted by Gasteiger charge is -2.13. The minimum atomic E-state index is 0.432. The largest absolute Gasteiger partial charge is 0.487 e. The maximum atomic E-state index is 8.86. The first kappa shape index (κ1) is 14.9. The zero-order chi connectivity index (χ0) is 14.5. The van der Waals surface area contributed by atoms with Crippen LogP contribution in [-0.4, -0.2) is 0 Å². The van der Waals surface area contributed by atoms with Crippen LogP contribution < -0.4 is 4.74 Å². The van der Waals surface area contributed by atoms with Crippen molar-refractivity contribution in [3.05, 3.63) is 63.7 Å². The third-order valence-corrected chi connectivity index (χ3v) is 3.94. The summed E-state index contributed by atoms with van der Waals surface area (Å²) in [5.41, 5.74) is 3.76. The fourth-order valence-electron chi connectivity index (χ4n) is 1.90. The highest BCUT2D eigenvalue weighted by atomic mass is 79.9. The number of hydrogen-bond acceptors (Lipinski definition) is 2. The van der Waals surface area contributed by atoms with Crippen LogP contribution in [0.5, 0.6) is 5.75 Å². The van der Waals surface area contributed by atoms with E-state index in [0.717, 1.165) is 16.7 Å². The van der Waals surface area contributed by atoms with Gasteiger partial charge in [-0.05, 0) is 36.2 Å². The molecule has 0 radical (unpaired) electrons. The number of halogens is 2. The molecule has 0 aliphatic carbocycles. The number of rotatable bonds is 4. The van der Waals surface area contributed by atoms with E-state index < -0.39 is 0 Å². The third kappa shape index (κ3) is 3.33. The highest BCUT2D eigenvalue weighted by molar-refractivity contribution is 9.08. The van der Waals surface area contributed by atoms with Crippen LogP contribution in [0.2, 0.25) is 5.02 Å². The smallest absolute Gasteiger partial charge is 0.142 e. The number of alkyl halides is 1. The molecule has 0 unspecified atom stereocenters. The lowest BCUT2D eigenvalue weighted by atomic mass is 10.1. The molecule has 0 saturated carbocycles. The molecule has 0 aliphatic rings. The topological polar surface area (TPSA) is 33.0 Å². The molecule has 2 aromatic rings. The molecule has 0 bridgehead atoms. The quantitative estimate of drug-likeness (QED) is 0.727. The summed E-state index contributed by atoms with van der Waals surface area (Å²) in [7, 11) is 0. The van der Waals surface area contributed by atoms with Crippen LogP contribution >= 0.6 is 27.5 Å². The van der Waals surface area contributed by atoms with Crippen LogP contribution in [0.4, 0.5) is 0 Å². The molecule has 2 aromatic carbocycles. The molecule has 4 heteroatoms. The van der Waals surface area contributed by atoms with Crippen molar-refractivity contribution in [1.29, 1.82) is 5.26 Å². The first-order chi connectivity index (χ1) is 9.65. The molecule has 0 atom stereocenters. The molecule has 0 heterocycles. The van der Waals surface area contributed by atoms with Gasteiger partial charge in [0.05, 0.1) is 16.7 Å². The Balaban J connectivity index is 2.19. The minimum absolute atomic E-state index is 0.432. The average molecular weight is 351 g/mol. The van der Waals surface area contributed by atoms with Gasteiger partial charge in [0.1, 0.15) is 12.4 Å². The van der Waals surface area contributed by atoms with Gasteiger partial charge >= 0.3 is 0 Å². The molecule has 0 aliphatic heterocycles. The van der Waals surface area contributed by atoms with Gasteiger partial charge in [-0.25, -0.2) is 0 Å². The van der Waals surface area contributed by atoms with Crippen LogP contribution in [0.15, 0.2) is 36.4 Å². The van der Waals surface area contributed by atoms with Gasteiger partial charge in [-0.2, -0.15) is 5.26 Å². The number of benzene rings is 2. The molecule has 0 amide bonds. The predicted molar refractivity (Wildman–Crippen MR) is 84.3 cm³/mol. The molecule has 0 fully saturated rings. The summed E-state index contributed by atoms with van der Waals surface area (Å²) < 4.78 is 5.85. The van der Waals surface area contributed by atoms with Crippen molar-refractivity contribution in [1.82, 2.24) is 0 Å². The predicted octanol–water partition coefficient (Wildman–Crippen LogP) is 4.99. The van der Waals surface area contributed by atoms with E-state index in [-0.39, 0.29) is 0 Å². The molecule has 0 N–H and O–H groups in total. The van der Waals surface area contributed by atoms with Crippen LogP contribution in [0.3, 0.4) is 0 Å². The van der Waals surface area contributed by atoms with Gasteiger partial charge < -0.3 is 4.74 Å². The molecule has 2 nitrogen and oxygen atoms in total. The standard InChI is InChI=1S/C16H13BrClNO/c1-11-7-12(9-19)5-6-14(11)10-20-16-13(8-17)3-2-4-15(16)18/h2-7H,8,10H2,1H3. The van der Waals surface area contributed by atoms with Crippen molar-refractivity contribution in [3.8, 4) is 11.8 Å². The molecular weight excluding hydrogens is 338 g/mol. The Morgan fingerprint density at radius 1 is 1.25 bits per heavy atom. The third-order valence-electron chi connectivity index (χ3n) is 3.04. The van der Waals surface area contributed by atoms with Gasteiger partial charge in [-0.3, -0.25) is 0 Å². The number of para-hydroxylation sites is 1. The van der Waals surface area contributed by atoms with Crippen molar-refractivity contribution in [3.63, 3.8) is 0 Å². The maximum absolute atomic E-state index is 8.86. The van der Waals surface area contributed by atoms with Crippen LogP contribution in [0, 0.1) is 18.3 Å². The van der Waals surface area contributed by atoms with E-state index in [1.807, 2.05) is 37.3 Å². The Hall–Kier alpha value is -1.50. The van der Waals surface area contributed by atoms with Crippen molar-refractivity contribution in [2.45, 2.75) is 18.9 Å². The lowest BCUT2D eigenvalue weighted by molar-refractivity contribution is 0.303. The average Bonchev–Trinajstić information content (AvgIpc) is 2.46. The number of aryl methyl sites for hydroxylation is 1. The molecule has 0 aromatic heterocycles. The summed E-state index contributed by atoms with van der Waals surface area (Å²) >= 11 is 9.60. The highest BCUT2D eigenvalue weighted by Crippen LogP contribution is 2.31. The Kier molecular flexibility index (Phi) is 5.05. The fraction of sp³-hybridized carbons (Fsp3) is 0.188. The monoisotopic (exact) mass is 349 g/mol. The van der Waals surface area contributed by atoms with Gasteiger partial charge in [0.15, 0.2) is 0 Å². The Bertz CT molecular complexity index is 664. The number of nitriles is 1. The molecule has 2 rings (SSSR count). The number of ether oxygens (including phenoxy) is 1. The van der Waals surface area contributed by atoms with E-state index in [0.29, 0.717) is 28.3 Å². The van der Waals surface area contributed by atoms with E-state index in [4.69, 9.17) is 21.6 Å². The Labute approximate surface area is 132 Å². The van der Waals surface area contributed by atoms with Gasteiger partial charge in [0.25, 0.3) is 0 Å². The second-order valence-electron chi connectivity index (χ2n) is 4.40. The van der Waals surface area contributed by atoms with Gasteiger partial charge in [-0.1, -0.05) is 45.7 Å². The van der Waals surface area contributed by atoms with E-state index in [1.165, 1.54) is 0 Å². The normalized spacial score (nSPS) is 10.1. The van der Waals surface area contributed by atoms with Crippen molar-refractivity contribution in [2.75, 3.05) is 0 Å². The Morgan fingerprint density at radius 2 is 2.05 bits per heavy atom. The maximum Gasteiger partial charge on any atom is 0.142 e. The summed E-state index contributed by atoms with van der Waals surface area (Å²) in [6.45, 7) is 2.40. The summed E-state index contributed by atoms with van der Waals surface area (Å²) in [4.78, 5) is 0. The van der Waals surface area contributed by atoms with Crippen molar-refractivity contribution in [2.24, 2.45) is 0 Å². The van der Waals surface area contributed by atoms with E-state index >= 15 is 0 Å². The summed E-state index contributed by atoms with van der Waals surface area (Å²) in [6, 6.07) is 13.4. The van der Waals surface area contributed by atoms with E-state index in [1.54, 1.807) is 6.07 Å². The molecule has 20 heavy (non-hydrogen) atoms. The van der Waals surface area contributed by atoms with Crippen molar-refractivity contribution >= 4 is 27.5 Å². The lowest BCUT2D eigenvalue weighted by Crippen LogP contribution is -2.00. The molecular formula is C16H13BrClNO. The summed E-state index contributed by atoms with van der Waals surface area (Å²) in [5, 5.41) is 10.2.